The predicted octanol–water partition coefficient (Wildman–Crippen LogP) is 3.87. The average Bonchev–Trinajstić information content (AvgIpc) is 2.47. The molecule has 0 saturated carbocycles. The van der Waals surface area contributed by atoms with Gasteiger partial charge in [0.25, 0.3) is 5.56 Å². The largest absolute Gasteiger partial charge is 0.416 e. The molecule has 0 unspecified atom stereocenters. The third kappa shape index (κ3) is 5.23. The number of aromatic nitrogens is 2. The number of aryl methyl sites for hydroxylation is 1. The van der Waals surface area contributed by atoms with Crippen molar-refractivity contribution in [2.24, 2.45) is 0 Å². The van der Waals surface area contributed by atoms with Gasteiger partial charge in [-0.1, -0.05) is 23.4 Å². The predicted molar refractivity (Wildman–Crippen MR) is 90.0 cm³/mol. The van der Waals surface area contributed by atoms with E-state index in [1.165, 1.54) is 13.0 Å². The minimum Gasteiger partial charge on any atom is -0.324 e. The third-order valence-electron chi connectivity index (χ3n) is 3.06. The Kier molecular flexibility index (Phi) is 5.79. The molecule has 0 aliphatic heterocycles. The summed E-state index contributed by atoms with van der Waals surface area (Å²) < 4.78 is 38.3. The lowest BCUT2D eigenvalue weighted by molar-refractivity contribution is -0.137. The number of aromatic amines is 1. The number of alkyl halides is 3. The van der Waals surface area contributed by atoms with Crippen molar-refractivity contribution in [2.75, 3.05) is 5.32 Å². The summed E-state index contributed by atoms with van der Waals surface area (Å²) in [5.74, 6) is -0.574. The molecule has 2 N–H and O–H groups in total. The zero-order valence-corrected chi connectivity index (χ0v) is 14.6. The fraction of sp³-hybridized carbons (Fsp3) is 0.267. The lowest BCUT2D eigenvalue weighted by Gasteiger charge is -2.14. The molecule has 134 valence electrons. The number of thioether (sulfide) groups is 1. The van der Waals surface area contributed by atoms with Crippen LogP contribution in [0.15, 0.2) is 34.2 Å². The van der Waals surface area contributed by atoms with E-state index in [1.54, 1.807) is 6.92 Å². The lowest BCUT2D eigenvalue weighted by atomic mass is 10.2. The molecule has 0 bridgehead atoms. The topological polar surface area (TPSA) is 74.8 Å². The number of rotatable bonds is 4. The summed E-state index contributed by atoms with van der Waals surface area (Å²) in [6.07, 6.45) is -4.55. The van der Waals surface area contributed by atoms with E-state index in [0.717, 1.165) is 30.0 Å². The molecule has 0 aliphatic carbocycles. The second kappa shape index (κ2) is 7.49. The Morgan fingerprint density at radius 1 is 1.36 bits per heavy atom. The summed E-state index contributed by atoms with van der Waals surface area (Å²) in [4.78, 5) is 30.2. The number of nitrogens with zero attached hydrogens (tertiary/aromatic N) is 1. The van der Waals surface area contributed by atoms with E-state index in [9.17, 15) is 22.8 Å². The van der Waals surface area contributed by atoms with Crippen LogP contribution in [-0.4, -0.2) is 21.1 Å². The number of amides is 1. The maximum Gasteiger partial charge on any atom is 0.416 e. The molecule has 1 amide bonds. The summed E-state index contributed by atoms with van der Waals surface area (Å²) in [6, 6.07) is 3.97. The SMILES string of the molecule is Cc1cc(=O)[nH]c(S[C@H](C)C(=O)Nc2cc(C(F)(F)F)ccc2Cl)n1. The highest BCUT2D eigenvalue weighted by atomic mass is 35.5. The van der Waals surface area contributed by atoms with Crippen LogP contribution in [0, 0.1) is 6.92 Å². The summed E-state index contributed by atoms with van der Waals surface area (Å²) in [7, 11) is 0. The van der Waals surface area contributed by atoms with E-state index in [-0.39, 0.29) is 21.4 Å². The van der Waals surface area contributed by atoms with Gasteiger partial charge < -0.3 is 10.3 Å². The molecule has 5 nitrogen and oxygen atoms in total. The van der Waals surface area contributed by atoms with Gasteiger partial charge in [-0.25, -0.2) is 4.98 Å². The lowest BCUT2D eigenvalue weighted by Crippen LogP contribution is -2.23. The van der Waals surface area contributed by atoms with Crippen LogP contribution < -0.4 is 10.9 Å². The smallest absolute Gasteiger partial charge is 0.324 e. The van der Waals surface area contributed by atoms with E-state index < -0.39 is 22.9 Å². The van der Waals surface area contributed by atoms with E-state index in [4.69, 9.17) is 11.6 Å². The van der Waals surface area contributed by atoms with Crippen LogP contribution in [0.3, 0.4) is 0 Å². The summed E-state index contributed by atoms with van der Waals surface area (Å²) in [5.41, 5.74) is -0.930. The Balaban J connectivity index is 2.14. The Bertz CT molecular complexity index is 855. The number of halogens is 4. The molecular formula is C15H13ClF3N3O2S. The molecule has 1 aromatic heterocycles. The molecule has 1 heterocycles. The normalized spacial score (nSPS) is 12.7. The number of carbonyl (C=O) groups excluding carboxylic acids is 1. The zero-order valence-electron chi connectivity index (χ0n) is 13.1. The van der Waals surface area contributed by atoms with Gasteiger partial charge >= 0.3 is 6.18 Å². The van der Waals surface area contributed by atoms with Crippen LogP contribution in [0.25, 0.3) is 0 Å². The van der Waals surface area contributed by atoms with Gasteiger partial charge in [-0.2, -0.15) is 13.2 Å². The fourth-order valence-corrected chi connectivity index (χ4v) is 2.88. The van der Waals surface area contributed by atoms with Gasteiger partial charge in [0.2, 0.25) is 5.91 Å². The highest BCUT2D eigenvalue weighted by Crippen LogP contribution is 2.34. The third-order valence-corrected chi connectivity index (χ3v) is 4.37. The van der Waals surface area contributed by atoms with Crippen molar-refractivity contribution >= 4 is 35.0 Å². The first kappa shape index (κ1) is 19.3. The molecule has 0 radical (unpaired) electrons. The molecule has 0 aliphatic rings. The Morgan fingerprint density at radius 2 is 2.04 bits per heavy atom. The van der Waals surface area contributed by atoms with Crippen LogP contribution in [0.5, 0.6) is 0 Å². The van der Waals surface area contributed by atoms with E-state index in [2.05, 4.69) is 15.3 Å². The first-order valence-corrected chi connectivity index (χ1v) is 8.24. The molecule has 0 fully saturated rings. The zero-order chi connectivity index (χ0) is 18.8. The van der Waals surface area contributed by atoms with Gasteiger partial charge in [-0.3, -0.25) is 9.59 Å². The summed E-state index contributed by atoms with van der Waals surface area (Å²) in [5, 5.41) is 1.86. The number of H-pyrrole nitrogens is 1. The maximum absolute atomic E-state index is 12.8. The van der Waals surface area contributed by atoms with Gasteiger partial charge in [0.15, 0.2) is 5.16 Å². The minimum atomic E-state index is -4.55. The molecule has 0 spiro atoms. The number of benzene rings is 1. The van der Waals surface area contributed by atoms with E-state index in [0.29, 0.717) is 5.69 Å². The van der Waals surface area contributed by atoms with Crippen LogP contribution in [0.1, 0.15) is 18.2 Å². The van der Waals surface area contributed by atoms with E-state index >= 15 is 0 Å². The maximum atomic E-state index is 12.8. The van der Waals surface area contributed by atoms with Crippen molar-refractivity contribution in [1.29, 1.82) is 0 Å². The van der Waals surface area contributed by atoms with Gasteiger partial charge in [0.1, 0.15) is 0 Å². The molecule has 10 heteroatoms. The van der Waals surface area contributed by atoms with Crippen molar-refractivity contribution < 1.29 is 18.0 Å². The van der Waals surface area contributed by atoms with Crippen LogP contribution >= 0.6 is 23.4 Å². The number of anilines is 1. The summed E-state index contributed by atoms with van der Waals surface area (Å²) >= 11 is 6.82. The Morgan fingerprint density at radius 3 is 2.64 bits per heavy atom. The highest BCUT2D eigenvalue weighted by molar-refractivity contribution is 8.00. The minimum absolute atomic E-state index is 0.0133. The first-order chi connectivity index (χ1) is 11.6. The van der Waals surface area contributed by atoms with Crippen LogP contribution in [0.2, 0.25) is 5.02 Å². The molecule has 2 rings (SSSR count). The van der Waals surface area contributed by atoms with Crippen molar-refractivity contribution in [2.45, 2.75) is 30.4 Å². The second-order valence-corrected chi connectivity index (χ2v) is 6.87. The first-order valence-electron chi connectivity index (χ1n) is 6.98. The molecule has 1 aromatic carbocycles. The molecule has 1 atom stereocenters. The molecule has 0 saturated heterocycles. The molecule has 2 aromatic rings. The quantitative estimate of drug-likeness (QED) is 0.613. The van der Waals surface area contributed by atoms with Gasteiger partial charge in [0, 0.05) is 11.8 Å². The van der Waals surface area contributed by atoms with Gasteiger partial charge in [0.05, 0.1) is 21.5 Å². The summed E-state index contributed by atoms with van der Waals surface area (Å²) in [6.45, 7) is 3.16. The van der Waals surface area contributed by atoms with Crippen LogP contribution in [-0.2, 0) is 11.0 Å². The standard InChI is InChI=1S/C15H13ClF3N3O2S/c1-7-5-12(23)22-14(20-7)25-8(2)13(24)21-11-6-9(15(17,18)19)3-4-10(11)16/h3-6,8H,1-2H3,(H,21,24)(H,20,22,23)/t8-/m1/s1. The molecular weight excluding hydrogens is 379 g/mol. The van der Waals surface area contributed by atoms with Crippen molar-refractivity contribution in [3.8, 4) is 0 Å². The molecule has 25 heavy (non-hydrogen) atoms. The van der Waals surface area contributed by atoms with Gasteiger partial charge in [-0.05, 0) is 32.0 Å². The highest BCUT2D eigenvalue weighted by Gasteiger charge is 2.31. The second-order valence-electron chi connectivity index (χ2n) is 5.13. The Hall–Kier alpha value is -2.00. The van der Waals surface area contributed by atoms with Gasteiger partial charge in [-0.15, -0.1) is 0 Å². The number of carbonyl (C=O) groups is 1. The monoisotopic (exact) mass is 391 g/mol. The average molecular weight is 392 g/mol. The number of hydrogen-bond donors (Lipinski definition) is 2. The van der Waals surface area contributed by atoms with Crippen molar-refractivity contribution in [3.63, 3.8) is 0 Å². The number of hydrogen-bond acceptors (Lipinski definition) is 4. The van der Waals surface area contributed by atoms with Crippen LogP contribution in [0.4, 0.5) is 18.9 Å². The Labute approximate surface area is 150 Å². The van der Waals surface area contributed by atoms with E-state index in [1.807, 2.05) is 0 Å². The fourth-order valence-electron chi connectivity index (χ4n) is 1.86. The van der Waals surface area contributed by atoms with Crippen molar-refractivity contribution in [1.82, 2.24) is 9.97 Å². The van der Waals surface area contributed by atoms with Crippen molar-refractivity contribution in [3.05, 3.63) is 50.9 Å². The number of nitrogens with one attached hydrogen (secondary N) is 2.